The molecule has 0 aliphatic rings. The topological polar surface area (TPSA) is 0 Å². The van der Waals surface area contributed by atoms with Gasteiger partial charge in [-0.05, 0) is 38.0 Å². The molecule has 0 saturated carbocycles. The summed E-state index contributed by atoms with van der Waals surface area (Å²) >= 11 is 0. The predicted octanol–water partition coefficient (Wildman–Crippen LogP) is 6.48. The fraction of sp³-hybridized carbons (Fsp3) is 0.294. The minimum Gasteiger partial charge on any atom is -0.166 e. The number of halogens is 6. The quantitative estimate of drug-likeness (QED) is 0.438. The minimum atomic E-state index is -4.75. The molecule has 1 aromatic rings. The standard InChI is InChI=1S/C17H16F6/c1-10(2)5-7-13(12(4)16(18,19)20)14-8-6-11(3)9-15(14)17(21,22)23/h5-9H,1H2,2-4H3/b7-5-,13-12-. The maximum Gasteiger partial charge on any atom is 0.417 e. The van der Waals surface area contributed by atoms with Gasteiger partial charge in [0.25, 0.3) is 0 Å². The van der Waals surface area contributed by atoms with Gasteiger partial charge in [0, 0.05) is 5.57 Å². The molecule has 0 fully saturated rings. The van der Waals surface area contributed by atoms with Crippen LogP contribution >= 0.6 is 0 Å². The number of hydrogen-bond acceptors (Lipinski definition) is 0. The normalized spacial score (nSPS) is 14.1. The molecule has 0 heterocycles. The van der Waals surface area contributed by atoms with E-state index in [4.69, 9.17) is 0 Å². The van der Waals surface area contributed by atoms with Crippen molar-refractivity contribution in [1.29, 1.82) is 0 Å². The van der Waals surface area contributed by atoms with Crippen molar-refractivity contribution in [1.82, 2.24) is 0 Å². The number of benzene rings is 1. The second-order valence-corrected chi connectivity index (χ2v) is 5.26. The lowest BCUT2D eigenvalue weighted by molar-refractivity contribution is -0.137. The largest absolute Gasteiger partial charge is 0.417 e. The van der Waals surface area contributed by atoms with Crippen LogP contribution in [0.3, 0.4) is 0 Å². The van der Waals surface area contributed by atoms with E-state index in [2.05, 4.69) is 6.58 Å². The van der Waals surface area contributed by atoms with Gasteiger partial charge in [0.15, 0.2) is 0 Å². The van der Waals surface area contributed by atoms with Gasteiger partial charge in [-0.1, -0.05) is 42.0 Å². The van der Waals surface area contributed by atoms with Crippen LogP contribution in [-0.2, 0) is 6.18 Å². The molecule has 0 saturated heterocycles. The predicted molar refractivity (Wildman–Crippen MR) is 78.8 cm³/mol. The van der Waals surface area contributed by atoms with E-state index in [1.165, 1.54) is 26.0 Å². The molecular weight excluding hydrogens is 318 g/mol. The summed E-state index contributed by atoms with van der Waals surface area (Å²) in [5.41, 5.74) is -2.47. The summed E-state index contributed by atoms with van der Waals surface area (Å²) in [6, 6.07) is 3.25. The Bertz CT molecular complexity index is 657. The van der Waals surface area contributed by atoms with Crippen molar-refractivity contribution in [3.8, 4) is 0 Å². The van der Waals surface area contributed by atoms with E-state index < -0.39 is 34.6 Å². The molecule has 6 heteroatoms. The Morgan fingerprint density at radius 3 is 2.00 bits per heavy atom. The molecular formula is C17H16F6. The van der Waals surface area contributed by atoms with Gasteiger partial charge in [0.05, 0.1) is 5.56 Å². The van der Waals surface area contributed by atoms with E-state index in [0.29, 0.717) is 11.1 Å². The average Bonchev–Trinajstić information content (AvgIpc) is 2.37. The number of alkyl halides is 6. The third-order valence-electron chi connectivity index (χ3n) is 3.13. The van der Waals surface area contributed by atoms with E-state index in [-0.39, 0.29) is 0 Å². The highest BCUT2D eigenvalue weighted by Crippen LogP contribution is 2.40. The number of aryl methyl sites for hydroxylation is 1. The fourth-order valence-electron chi connectivity index (χ4n) is 1.92. The van der Waals surface area contributed by atoms with Crippen molar-refractivity contribution in [2.75, 3.05) is 0 Å². The van der Waals surface area contributed by atoms with Crippen molar-refractivity contribution in [3.63, 3.8) is 0 Å². The van der Waals surface area contributed by atoms with Gasteiger partial charge in [-0.15, -0.1) is 0 Å². The van der Waals surface area contributed by atoms with Crippen molar-refractivity contribution in [2.45, 2.75) is 33.1 Å². The minimum absolute atomic E-state index is 0.314. The Kier molecular flexibility index (Phi) is 5.51. The molecule has 0 atom stereocenters. The molecule has 1 aromatic carbocycles. The first-order valence-corrected chi connectivity index (χ1v) is 6.64. The van der Waals surface area contributed by atoms with Crippen molar-refractivity contribution < 1.29 is 26.3 Å². The first-order chi connectivity index (χ1) is 10.3. The molecule has 0 nitrogen and oxygen atoms in total. The van der Waals surface area contributed by atoms with E-state index in [1.54, 1.807) is 0 Å². The molecule has 126 valence electrons. The summed E-state index contributed by atoms with van der Waals surface area (Å²) in [5.74, 6) is 0. The molecule has 0 radical (unpaired) electrons. The first kappa shape index (κ1) is 19.1. The summed E-state index contributed by atoms with van der Waals surface area (Å²) in [7, 11) is 0. The highest BCUT2D eigenvalue weighted by Gasteiger charge is 2.37. The molecule has 0 unspecified atom stereocenters. The lowest BCUT2D eigenvalue weighted by atomic mass is 9.93. The van der Waals surface area contributed by atoms with Gasteiger partial charge in [0.1, 0.15) is 0 Å². The molecule has 0 bridgehead atoms. The van der Waals surface area contributed by atoms with Gasteiger partial charge in [0.2, 0.25) is 0 Å². The Balaban J connectivity index is 3.73. The Hall–Kier alpha value is -1.98. The van der Waals surface area contributed by atoms with Crippen LogP contribution in [0.25, 0.3) is 5.57 Å². The van der Waals surface area contributed by atoms with Crippen LogP contribution in [0.2, 0.25) is 0 Å². The summed E-state index contributed by atoms with van der Waals surface area (Å²) in [4.78, 5) is 0. The van der Waals surface area contributed by atoms with Crippen LogP contribution in [-0.4, -0.2) is 6.18 Å². The maximum atomic E-state index is 13.2. The Labute approximate surface area is 130 Å². The van der Waals surface area contributed by atoms with Crippen LogP contribution in [0.5, 0.6) is 0 Å². The second-order valence-electron chi connectivity index (χ2n) is 5.26. The Morgan fingerprint density at radius 2 is 1.57 bits per heavy atom. The van der Waals surface area contributed by atoms with E-state index in [1.807, 2.05) is 0 Å². The first-order valence-electron chi connectivity index (χ1n) is 6.64. The van der Waals surface area contributed by atoms with Gasteiger partial charge in [-0.2, -0.15) is 26.3 Å². The monoisotopic (exact) mass is 334 g/mol. The van der Waals surface area contributed by atoms with Crippen molar-refractivity contribution >= 4 is 5.57 Å². The van der Waals surface area contributed by atoms with Crippen LogP contribution in [0.15, 0.2) is 48.1 Å². The van der Waals surface area contributed by atoms with Gasteiger partial charge >= 0.3 is 12.4 Å². The SMILES string of the molecule is C=C(C)/C=C\C(=C(/C)C(F)(F)F)c1ccc(C)cc1C(F)(F)F. The smallest absolute Gasteiger partial charge is 0.166 e. The van der Waals surface area contributed by atoms with Gasteiger partial charge in [-0.25, -0.2) is 0 Å². The number of hydrogen-bond donors (Lipinski definition) is 0. The highest BCUT2D eigenvalue weighted by molar-refractivity contribution is 5.80. The number of allylic oxidation sites excluding steroid dienone is 5. The molecule has 1 rings (SSSR count). The molecule has 0 aliphatic heterocycles. The zero-order valence-electron chi connectivity index (χ0n) is 12.9. The zero-order valence-corrected chi connectivity index (χ0v) is 12.9. The Morgan fingerprint density at radius 1 is 1.00 bits per heavy atom. The third kappa shape index (κ3) is 5.01. The summed E-state index contributed by atoms with van der Waals surface area (Å²) in [6.07, 6.45) is -7.21. The van der Waals surface area contributed by atoms with E-state index in [0.717, 1.165) is 25.1 Å². The van der Waals surface area contributed by atoms with Crippen molar-refractivity contribution in [3.05, 3.63) is 64.8 Å². The molecule has 0 aromatic heterocycles. The summed E-state index contributed by atoms with van der Waals surface area (Å²) in [5, 5.41) is 0. The molecule has 0 spiro atoms. The van der Waals surface area contributed by atoms with E-state index in [9.17, 15) is 26.3 Å². The molecule has 0 aliphatic carbocycles. The molecule has 23 heavy (non-hydrogen) atoms. The summed E-state index contributed by atoms with van der Waals surface area (Å²) < 4.78 is 78.7. The third-order valence-corrected chi connectivity index (χ3v) is 3.13. The van der Waals surface area contributed by atoms with E-state index >= 15 is 0 Å². The molecule has 0 N–H and O–H groups in total. The van der Waals surface area contributed by atoms with Gasteiger partial charge < -0.3 is 0 Å². The fourth-order valence-corrected chi connectivity index (χ4v) is 1.92. The highest BCUT2D eigenvalue weighted by atomic mass is 19.4. The van der Waals surface area contributed by atoms with Crippen LogP contribution in [0.1, 0.15) is 30.5 Å². The maximum absolute atomic E-state index is 13.2. The van der Waals surface area contributed by atoms with Gasteiger partial charge in [-0.3, -0.25) is 0 Å². The average molecular weight is 334 g/mol. The van der Waals surface area contributed by atoms with Crippen LogP contribution in [0, 0.1) is 6.92 Å². The van der Waals surface area contributed by atoms with Crippen molar-refractivity contribution in [2.24, 2.45) is 0 Å². The van der Waals surface area contributed by atoms with Crippen LogP contribution < -0.4 is 0 Å². The zero-order chi connectivity index (χ0) is 18.0. The second kappa shape index (κ2) is 6.64. The number of rotatable bonds is 3. The lowest BCUT2D eigenvalue weighted by Crippen LogP contribution is -2.14. The molecule has 0 amide bonds. The summed E-state index contributed by atoms with van der Waals surface area (Å²) in [6.45, 7) is 7.26. The van der Waals surface area contributed by atoms with Crippen LogP contribution in [0.4, 0.5) is 26.3 Å². The lowest BCUT2D eigenvalue weighted by Gasteiger charge is -2.18.